The fourth-order valence-electron chi connectivity index (χ4n) is 2.62. The van der Waals surface area contributed by atoms with Gasteiger partial charge in [0.15, 0.2) is 0 Å². The molecule has 0 bridgehead atoms. The number of aryl methyl sites for hydroxylation is 2. The average molecular weight is 359 g/mol. The molecule has 0 amide bonds. The summed E-state index contributed by atoms with van der Waals surface area (Å²) < 4.78 is 0. The second-order valence-corrected chi connectivity index (χ2v) is 6.10. The second kappa shape index (κ2) is 12.3. The lowest BCUT2D eigenvalue weighted by atomic mass is 9.98. The van der Waals surface area contributed by atoms with E-state index in [1.54, 1.807) is 6.08 Å². The number of benzene rings is 2. The van der Waals surface area contributed by atoms with Gasteiger partial charge in [0.2, 0.25) is 0 Å². The van der Waals surface area contributed by atoms with Gasteiger partial charge in [-0.15, -0.1) is 0 Å². The van der Waals surface area contributed by atoms with Crippen molar-refractivity contribution >= 4 is 0 Å². The standard InChI is InChI=1S/C23H24N2.C2H6/c1-3-23(25)11-6-4-5-8-19-9-7-10-20(14-19)15-21-13-12-18(2)22(16-21)17-24;1-2/h3-4,6-7,9-14,16H,1,5,8,15,25H2,2H3;1-2H3/b6-4-,23-11+;. The Morgan fingerprint density at radius 2 is 1.81 bits per heavy atom. The van der Waals surface area contributed by atoms with Crippen LogP contribution in [-0.4, -0.2) is 0 Å². The van der Waals surface area contributed by atoms with E-state index >= 15 is 0 Å². The third-order valence-corrected chi connectivity index (χ3v) is 4.08. The molecule has 0 saturated heterocycles. The lowest BCUT2D eigenvalue weighted by molar-refractivity contribution is 0.993. The zero-order valence-corrected chi connectivity index (χ0v) is 16.7. The number of hydrogen-bond acceptors (Lipinski definition) is 2. The fraction of sp³-hybridized carbons (Fsp3) is 0.240. The van der Waals surface area contributed by atoms with E-state index < -0.39 is 0 Å². The van der Waals surface area contributed by atoms with Gasteiger partial charge in [0.05, 0.1) is 11.6 Å². The fourth-order valence-corrected chi connectivity index (χ4v) is 2.62. The predicted octanol–water partition coefficient (Wildman–Crippen LogP) is 6.00. The van der Waals surface area contributed by atoms with Crippen molar-refractivity contribution < 1.29 is 0 Å². The average Bonchev–Trinajstić information content (AvgIpc) is 2.70. The van der Waals surface area contributed by atoms with Gasteiger partial charge < -0.3 is 5.73 Å². The van der Waals surface area contributed by atoms with Gasteiger partial charge in [-0.05, 0) is 66.7 Å². The minimum absolute atomic E-state index is 0.674. The maximum atomic E-state index is 9.17. The van der Waals surface area contributed by atoms with Crippen molar-refractivity contribution in [3.8, 4) is 6.07 Å². The monoisotopic (exact) mass is 358 g/mol. The minimum Gasteiger partial charge on any atom is -0.399 e. The predicted molar refractivity (Wildman–Crippen MR) is 116 cm³/mol. The van der Waals surface area contributed by atoms with Gasteiger partial charge in [0.1, 0.15) is 0 Å². The van der Waals surface area contributed by atoms with Crippen molar-refractivity contribution in [1.82, 2.24) is 0 Å². The summed E-state index contributed by atoms with van der Waals surface area (Å²) in [7, 11) is 0. The van der Waals surface area contributed by atoms with E-state index in [1.165, 1.54) is 16.7 Å². The van der Waals surface area contributed by atoms with E-state index in [0.717, 1.165) is 30.4 Å². The molecule has 2 rings (SSSR count). The lowest BCUT2D eigenvalue weighted by Crippen LogP contribution is -1.93. The minimum atomic E-state index is 0.674. The Kier molecular flexibility index (Phi) is 10.0. The molecule has 0 atom stereocenters. The van der Waals surface area contributed by atoms with E-state index in [4.69, 9.17) is 5.73 Å². The summed E-state index contributed by atoms with van der Waals surface area (Å²) in [5.41, 5.74) is 11.9. The number of allylic oxidation sites excluding steroid dienone is 4. The summed E-state index contributed by atoms with van der Waals surface area (Å²) >= 11 is 0. The summed E-state index contributed by atoms with van der Waals surface area (Å²) in [6, 6.07) is 17.0. The van der Waals surface area contributed by atoms with Crippen molar-refractivity contribution in [2.24, 2.45) is 5.73 Å². The van der Waals surface area contributed by atoms with Crippen LogP contribution in [0.3, 0.4) is 0 Å². The molecule has 0 aromatic heterocycles. The molecule has 0 fully saturated rings. The molecule has 140 valence electrons. The number of rotatable bonds is 7. The molecule has 0 heterocycles. The van der Waals surface area contributed by atoms with Crippen LogP contribution >= 0.6 is 0 Å². The molecule has 0 radical (unpaired) electrons. The highest BCUT2D eigenvalue weighted by molar-refractivity contribution is 5.41. The first-order chi connectivity index (χ1) is 13.1. The molecule has 0 aliphatic heterocycles. The van der Waals surface area contributed by atoms with Crippen molar-refractivity contribution in [3.63, 3.8) is 0 Å². The van der Waals surface area contributed by atoms with Crippen molar-refractivity contribution in [1.29, 1.82) is 5.26 Å². The highest BCUT2D eigenvalue weighted by atomic mass is 14.5. The van der Waals surface area contributed by atoms with E-state index in [1.807, 2.05) is 45.1 Å². The van der Waals surface area contributed by atoms with Gasteiger partial charge in [0.25, 0.3) is 0 Å². The topological polar surface area (TPSA) is 49.8 Å². The number of nitrogens with two attached hydrogens (primary N) is 1. The van der Waals surface area contributed by atoms with Crippen molar-refractivity contribution in [2.75, 3.05) is 0 Å². The van der Waals surface area contributed by atoms with Gasteiger partial charge in [0, 0.05) is 5.70 Å². The van der Waals surface area contributed by atoms with Crippen molar-refractivity contribution in [3.05, 3.63) is 107 Å². The van der Waals surface area contributed by atoms with Crippen molar-refractivity contribution in [2.45, 2.75) is 40.0 Å². The van der Waals surface area contributed by atoms with E-state index in [0.29, 0.717) is 5.70 Å². The Hall–Kier alpha value is -3.05. The van der Waals surface area contributed by atoms with Crippen LogP contribution < -0.4 is 5.73 Å². The van der Waals surface area contributed by atoms with E-state index in [9.17, 15) is 5.26 Å². The quantitative estimate of drug-likeness (QED) is 0.617. The first-order valence-corrected chi connectivity index (χ1v) is 9.44. The lowest BCUT2D eigenvalue weighted by Gasteiger charge is -2.06. The van der Waals surface area contributed by atoms with Crippen LogP contribution in [0.15, 0.2) is 79.0 Å². The highest BCUT2D eigenvalue weighted by Gasteiger charge is 2.02. The Morgan fingerprint density at radius 3 is 2.52 bits per heavy atom. The molecule has 2 nitrogen and oxygen atoms in total. The molecular formula is C25H30N2. The van der Waals surface area contributed by atoms with Crippen LogP contribution in [0, 0.1) is 18.3 Å². The number of nitrogens with zero attached hydrogens (tertiary/aromatic N) is 1. The summed E-state index contributed by atoms with van der Waals surface area (Å²) in [6.45, 7) is 9.59. The Morgan fingerprint density at radius 1 is 1.11 bits per heavy atom. The Bertz CT molecular complexity index is 836. The number of hydrogen-bond donors (Lipinski definition) is 1. The summed E-state index contributed by atoms with van der Waals surface area (Å²) in [4.78, 5) is 0. The first-order valence-electron chi connectivity index (χ1n) is 9.44. The highest BCUT2D eigenvalue weighted by Crippen LogP contribution is 2.16. The van der Waals surface area contributed by atoms with Gasteiger partial charge in [-0.1, -0.05) is 69.0 Å². The summed E-state index contributed by atoms with van der Waals surface area (Å²) in [5.74, 6) is 0. The zero-order chi connectivity index (χ0) is 20.1. The normalized spacial score (nSPS) is 10.8. The summed E-state index contributed by atoms with van der Waals surface area (Å²) in [5, 5.41) is 9.17. The zero-order valence-electron chi connectivity index (χ0n) is 16.7. The van der Waals surface area contributed by atoms with Crippen LogP contribution in [0.4, 0.5) is 0 Å². The molecule has 0 aliphatic rings. The molecule has 0 unspecified atom stereocenters. The van der Waals surface area contributed by atoms with Crippen LogP contribution in [-0.2, 0) is 12.8 Å². The third kappa shape index (κ3) is 7.79. The van der Waals surface area contributed by atoms with Gasteiger partial charge in [-0.25, -0.2) is 0 Å². The van der Waals surface area contributed by atoms with Gasteiger partial charge in [-0.3, -0.25) is 0 Å². The SMILES string of the molecule is C=C/C(N)=C\C=C/CCc1cccc(Cc2ccc(C)c(C#N)c2)c1.CC. The molecule has 2 aromatic carbocycles. The molecular weight excluding hydrogens is 328 g/mol. The largest absolute Gasteiger partial charge is 0.399 e. The molecule has 2 aromatic rings. The summed E-state index contributed by atoms with van der Waals surface area (Å²) in [6.07, 6.45) is 10.4. The van der Waals surface area contributed by atoms with E-state index in [-0.39, 0.29) is 0 Å². The maximum absolute atomic E-state index is 9.17. The molecule has 0 spiro atoms. The van der Waals surface area contributed by atoms with Crippen LogP contribution in [0.2, 0.25) is 0 Å². The number of nitriles is 1. The van der Waals surface area contributed by atoms with Crippen LogP contribution in [0.1, 0.15) is 48.1 Å². The smallest absolute Gasteiger partial charge is 0.0994 e. The van der Waals surface area contributed by atoms with E-state index in [2.05, 4.69) is 49.1 Å². The molecule has 0 aliphatic carbocycles. The Labute approximate surface area is 164 Å². The van der Waals surface area contributed by atoms with Crippen LogP contribution in [0.25, 0.3) is 0 Å². The third-order valence-electron chi connectivity index (χ3n) is 4.08. The van der Waals surface area contributed by atoms with Crippen LogP contribution in [0.5, 0.6) is 0 Å². The first kappa shape index (κ1) is 22.0. The second-order valence-electron chi connectivity index (χ2n) is 6.10. The molecule has 27 heavy (non-hydrogen) atoms. The van der Waals surface area contributed by atoms with Gasteiger partial charge >= 0.3 is 0 Å². The van der Waals surface area contributed by atoms with Gasteiger partial charge in [-0.2, -0.15) is 5.26 Å². The molecule has 2 N–H and O–H groups in total. The maximum Gasteiger partial charge on any atom is 0.0994 e. The molecule has 2 heteroatoms. The Balaban J connectivity index is 0.00000176. The molecule has 0 saturated carbocycles.